The van der Waals surface area contributed by atoms with Crippen LogP contribution in [0.2, 0.25) is 0 Å². The molecule has 1 aromatic carbocycles. The van der Waals surface area contributed by atoms with Crippen molar-refractivity contribution in [3.63, 3.8) is 0 Å². The monoisotopic (exact) mass is 401 g/mol. The molecule has 2 fully saturated rings. The molecule has 2 aromatic rings. The number of thioether (sulfide) groups is 1. The average Bonchev–Trinajstić information content (AvgIpc) is 3.33. The number of benzene rings is 1. The van der Waals surface area contributed by atoms with E-state index in [-0.39, 0.29) is 18.3 Å². The first-order valence-corrected chi connectivity index (χ1v) is 10.5. The zero-order chi connectivity index (χ0) is 19.3. The number of imide groups is 1. The Kier molecular flexibility index (Phi) is 5.92. The van der Waals surface area contributed by atoms with Gasteiger partial charge in [-0.25, -0.2) is 9.69 Å². The summed E-state index contributed by atoms with van der Waals surface area (Å²) in [5, 5.41) is 9.40. The van der Waals surface area contributed by atoms with Crippen molar-refractivity contribution >= 4 is 23.8 Å². The van der Waals surface area contributed by atoms with Gasteiger partial charge < -0.3 is 4.74 Å². The number of rotatable bonds is 6. The molecule has 148 valence electrons. The lowest BCUT2D eigenvalue weighted by Crippen LogP contribution is -2.33. The van der Waals surface area contributed by atoms with E-state index in [9.17, 15) is 9.59 Å². The van der Waals surface area contributed by atoms with E-state index in [0.717, 1.165) is 36.0 Å². The molecule has 4 rings (SSSR count). The number of carbonyl (C=O) groups is 2. The van der Waals surface area contributed by atoms with Gasteiger partial charge in [-0.05, 0) is 38.1 Å². The predicted molar refractivity (Wildman–Crippen MR) is 104 cm³/mol. The fourth-order valence-electron chi connectivity index (χ4n) is 3.47. The summed E-state index contributed by atoms with van der Waals surface area (Å²) in [6, 6.07) is 9.92. The van der Waals surface area contributed by atoms with Crippen molar-refractivity contribution in [2.45, 2.75) is 31.0 Å². The fourth-order valence-corrected chi connectivity index (χ4v) is 4.32. The summed E-state index contributed by atoms with van der Waals surface area (Å²) in [5.41, 5.74) is 0.968. The number of hydrogen-bond donors (Lipinski definition) is 0. The molecule has 8 nitrogen and oxygen atoms in total. The molecule has 0 saturated carbocycles. The van der Waals surface area contributed by atoms with Crippen molar-refractivity contribution in [2.24, 2.45) is 0 Å². The molecule has 9 heteroatoms. The zero-order valence-corrected chi connectivity index (χ0v) is 16.4. The Morgan fingerprint density at radius 2 is 1.86 bits per heavy atom. The normalized spacial score (nSPS) is 17.7. The van der Waals surface area contributed by atoms with Crippen molar-refractivity contribution in [3.05, 3.63) is 36.2 Å². The summed E-state index contributed by atoms with van der Waals surface area (Å²) in [5.74, 6) is 0.709. The van der Waals surface area contributed by atoms with Gasteiger partial charge >= 0.3 is 6.09 Å². The van der Waals surface area contributed by atoms with Crippen molar-refractivity contribution in [2.75, 3.05) is 32.0 Å². The number of piperidine rings is 1. The highest BCUT2D eigenvalue weighted by molar-refractivity contribution is 7.99. The molecular weight excluding hydrogens is 378 g/mol. The number of aromatic nitrogens is 3. The van der Waals surface area contributed by atoms with Gasteiger partial charge in [0.05, 0.1) is 18.8 Å². The van der Waals surface area contributed by atoms with Crippen LogP contribution in [0, 0.1) is 0 Å². The number of likely N-dealkylation sites (tertiary alicyclic amines) is 1. The Morgan fingerprint density at radius 1 is 1.07 bits per heavy atom. The smallest absolute Gasteiger partial charge is 0.416 e. The maximum Gasteiger partial charge on any atom is 0.416 e. The molecule has 1 aromatic heterocycles. The Hall–Kier alpha value is -2.39. The number of hydrogen-bond acceptors (Lipinski definition) is 7. The van der Waals surface area contributed by atoms with E-state index in [1.807, 2.05) is 34.9 Å². The van der Waals surface area contributed by atoms with Crippen molar-refractivity contribution in [3.8, 4) is 5.69 Å². The first kappa shape index (κ1) is 18.9. The third-order valence-corrected chi connectivity index (χ3v) is 5.83. The Morgan fingerprint density at radius 3 is 2.57 bits per heavy atom. The topological polar surface area (TPSA) is 80.6 Å². The second kappa shape index (κ2) is 8.74. The lowest BCUT2D eigenvalue weighted by Gasteiger charge is -2.26. The fraction of sp³-hybridized carbons (Fsp3) is 0.474. The minimum Gasteiger partial charge on any atom is -0.447 e. The molecule has 2 amide bonds. The van der Waals surface area contributed by atoms with Gasteiger partial charge in [-0.2, -0.15) is 0 Å². The van der Waals surface area contributed by atoms with Crippen LogP contribution in [-0.2, 0) is 16.1 Å². The lowest BCUT2D eigenvalue weighted by molar-refractivity contribution is -0.125. The molecule has 2 aliphatic heterocycles. The summed E-state index contributed by atoms with van der Waals surface area (Å²) in [7, 11) is 0. The van der Waals surface area contributed by atoms with Crippen LogP contribution in [0.15, 0.2) is 35.5 Å². The van der Waals surface area contributed by atoms with E-state index in [2.05, 4.69) is 15.1 Å². The van der Waals surface area contributed by atoms with Crippen molar-refractivity contribution in [1.82, 2.24) is 24.6 Å². The van der Waals surface area contributed by atoms with E-state index >= 15 is 0 Å². The Bertz CT molecular complexity index is 835. The van der Waals surface area contributed by atoms with E-state index in [1.165, 1.54) is 31.0 Å². The summed E-state index contributed by atoms with van der Waals surface area (Å²) in [6.07, 6.45) is 3.13. The second-order valence-electron chi connectivity index (χ2n) is 6.85. The highest BCUT2D eigenvalue weighted by atomic mass is 32.2. The largest absolute Gasteiger partial charge is 0.447 e. The van der Waals surface area contributed by atoms with Gasteiger partial charge in [0.1, 0.15) is 6.61 Å². The minimum absolute atomic E-state index is 0.115. The molecule has 28 heavy (non-hydrogen) atoms. The first-order valence-electron chi connectivity index (χ1n) is 9.54. The quantitative estimate of drug-likeness (QED) is 0.687. The maximum absolute atomic E-state index is 12.3. The molecular formula is C19H23N5O3S. The van der Waals surface area contributed by atoms with Crippen LogP contribution >= 0.6 is 11.8 Å². The van der Waals surface area contributed by atoms with Gasteiger partial charge in [0.2, 0.25) is 5.91 Å². The zero-order valence-electron chi connectivity index (χ0n) is 15.6. The third kappa shape index (κ3) is 4.20. The predicted octanol–water partition coefficient (Wildman–Crippen LogP) is 2.32. The van der Waals surface area contributed by atoms with Gasteiger partial charge in [-0.1, -0.05) is 36.4 Å². The van der Waals surface area contributed by atoms with Crippen LogP contribution in [-0.4, -0.2) is 68.6 Å². The van der Waals surface area contributed by atoms with Gasteiger partial charge in [-0.15, -0.1) is 10.2 Å². The van der Waals surface area contributed by atoms with Crippen LogP contribution in [0.3, 0.4) is 0 Å². The number of ether oxygens (including phenoxy) is 1. The van der Waals surface area contributed by atoms with Crippen molar-refractivity contribution < 1.29 is 14.3 Å². The van der Waals surface area contributed by atoms with Gasteiger partial charge in [0, 0.05) is 5.69 Å². The molecule has 0 spiro atoms. The standard InChI is InChI=1S/C19H23N5O3S/c25-17(23-11-12-27-19(23)26)14-28-18-21-20-16(13-22-9-5-2-6-10-22)24(18)15-7-3-1-4-8-15/h1,3-4,7-8H,2,5-6,9-14H2. The number of carbonyl (C=O) groups excluding carboxylic acids is 2. The summed E-state index contributed by atoms with van der Waals surface area (Å²) in [4.78, 5) is 27.5. The van der Waals surface area contributed by atoms with Gasteiger partial charge in [0.25, 0.3) is 0 Å². The van der Waals surface area contributed by atoms with Gasteiger partial charge in [0.15, 0.2) is 11.0 Å². The van der Waals surface area contributed by atoms with E-state index in [0.29, 0.717) is 11.7 Å². The molecule has 0 unspecified atom stereocenters. The highest BCUT2D eigenvalue weighted by Gasteiger charge is 2.29. The summed E-state index contributed by atoms with van der Waals surface area (Å²) in [6.45, 7) is 3.44. The number of cyclic esters (lactones) is 1. The van der Waals surface area contributed by atoms with Crippen LogP contribution in [0.5, 0.6) is 0 Å². The minimum atomic E-state index is -0.569. The Balaban J connectivity index is 1.52. The molecule has 3 heterocycles. The number of nitrogens with zero attached hydrogens (tertiary/aromatic N) is 5. The number of para-hydroxylation sites is 1. The molecule has 0 bridgehead atoms. The highest BCUT2D eigenvalue weighted by Crippen LogP contribution is 2.24. The maximum atomic E-state index is 12.3. The van der Waals surface area contributed by atoms with E-state index in [1.54, 1.807) is 0 Å². The molecule has 0 N–H and O–H groups in total. The van der Waals surface area contributed by atoms with Crippen LogP contribution in [0.4, 0.5) is 4.79 Å². The second-order valence-corrected chi connectivity index (χ2v) is 7.80. The molecule has 2 aliphatic rings. The van der Waals surface area contributed by atoms with E-state index < -0.39 is 6.09 Å². The van der Waals surface area contributed by atoms with Gasteiger partial charge in [-0.3, -0.25) is 14.3 Å². The molecule has 2 saturated heterocycles. The number of amides is 2. The molecule has 0 atom stereocenters. The van der Waals surface area contributed by atoms with Crippen molar-refractivity contribution in [1.29, 1.82) is 0 Å². The summed E-state index contributed by atoms with van der Waals surface area (Å²) < 4.78 is 6.85. The summed E-state index contributed by atoms with van der Waals surface area (Å²) >= 11 is 1.29. The molecule has 0 aliphatic carbocycles. The average molecular weight is 401 g/mol. The van der Waals surface area contributed by atoms with Crippen LogP contribution in [0.25, 0.3) is 5.69 Å². The van der Waals surface area contributed by atoms with E-state index in [4.69, 9.17) is 4.74 Å². The SMILES string of the molecule is O=C(CSc1nnc(CN2CCCCC2)n1-c1ccccc1)N1CCOC1=O. The Labute approximate surface area is 167 Å². The van der Waals surface area contributed by atoms with Crippen LogP contribution in [0.1, 0.15) is 25.1 Å². The van der Waals surface area contributed by atoms with Crippen LogP contribution < -0.4 is 0 Å². The lowest BCUT2D eigenvalue weighted by atomic mass is 10.1. The first-order chi connectivity index (χ1) is 13.7. The molecule has 0 radical (unpaired) electrons. The third-order valence-electron chi connectivity index (χ3n) is 4.92.